The molecular weight excluding hydrogens is 488 g/mol. The van der Waals surface area contributed by atoms with E-state index in [9.17, 15) is 4.79 Å². The van der Waals surface area contributed by atoms with Crippen LogP contribution in [-0.2, 0) is 4.79 Å². The highest BCUT2D eigenvalue weighted by Crippen LogP contribution is 2.32. The monoisotopic (exact) mass is 516 g/mol. The van der Waals surface area contributed by atoms with Crippen LogP contribution in [0.4, 0.5) is 5.69 Å². The number of hydrogen-bond acceptors (Lipinski definition) is 8. The first-order chi connectivity index (χ1) is 18.1. The lowest BCUT2D eigenvalue weighted by atomic mass is 10.0. The van der Waals surface area contributed by atoms with Gasteiger partial charge < -0.3 is 19.5 Å². The minimum Gasteiger partial charge on any atom is -0.497 e. The fourth-order valence-corrected chi connectivity index (χ4v) is 4.29. The Morgan fingerprint density at radius 3 is 2.08 bits per heavy atom. The molecule has 0 unspecified atom stereocenters. The van der Waals surface area contributed by atoms with Crippen molar-refractivity contribution in [1.29, 1.82) is 0 Å². The number of nitrogens with one attached hydrogen (secondary N) is 1. The van der Waals surface area contributed by atoms with Gasteiger partial charge in [0.1, 0.15) is 28.6 Å². The highest BCUT2D eigenvalue weighted by Gasteiger charge is 2.15. The van der Waals surface area contributed by atoms with Gasteiger partial charge in [0.25, 0.3) is 0 Å². The number of amides is 1. The van der Waals surface area contributed by atoms with E-state index in [2.05, 4.69) is 15.5 Å². The summed E-state index contributed by atoms with van der Waals surface area (Å²) in [5.41, 5.74) is 3.76. The molecule has 8 nitrogen and oxygen atoms in total. The number of nitrogens with zero attached hydrogens (tertiary/aromatic N) is 3. The van der Waals surface area contributed by atoms with E-state index in [1.54, 1.807) is 14.2 Å². The van der Waals surface area contributed by atoms with E-state index in [-0.39, 0.29) is 12.3 Å². The van der Waals surface area contributed by atoms with Gasteiger partial charge in [0, 0.05) is 23.3 Å². The van der Waals surface area contributed by atoms with Crippen molar-refractivity contribution in [3.63, 3.8) is 0 Å². The van der Waals surface area contributed by atoms with Crippen LogP contribution >= 0.6 is 11.8 Å². The predicted molar refractivity (Wildman–Crippen MR) is 145 cm³/mol. The maximum Gasteiger partial charge on any atom is 0.225 e. The van der Waals surface area contributed by atoms with Crippen molar-refractivity contribution in [2.75, 3.05) is 31.9 Å². The summed E-state index contributed by atoms with van der Waals surface area (Å²) in [4.78, 5) is 17.3. The molecule has 3 aromatic carbocycles. The van der Waals surface area contributed by atoms with Crippen LogP contribution in [-0.4, -0.2) is 47.7 Å². The van der Waals surface area contributed by atoms with E-state index in [4.69, 9.17) is 19.2 Å². The van der Waals surface area contributed by atoms with Crippen LogP contribution in [0, 0.1) is 0 Å². The number of carbonyl (C=O) groups is 1. The minimum atomic E-state index is -0.113. The summed E-state index contributed by atoms with van der Waals surface area (Å²) in [6, 6.07) is 22.6. The molecule has 1 heterocycles. The molecule has 0 spiro atoms. The molecule has 0 fully saturated rings. The molecule has 0 aliphatic carbocycles. The average Bonchev–Trinajstić information content (AvgIpc) is 2.94. The second kappa shape index (κ2) is 12.7. The molecule has 1 N–H and O–H groups in total. The number of para-hydroxylation sites is 2. The van der Waals surface area contributed by atoms with Gasteiger partial charge in [-0.05, 0) is 67.6 Å². The van der Waals surface area contributed by atoms with Gasteiger partial charge in [-0.15, -0.1) is 10.2 Å². The zero-order valence-electron chi connectivity index (χ0n) is 20.9. The van der Waals surface area contributed by atoms with Gasteiger partial charge >= 0.3 is 0 Å². The van der Waals surface area contributed by atoms with E-state index in [1.807, 2.05) is 79.7 Å². The molecule has 190 valence electrons. The van der Waals surface area contributed by atoms with Crippen LogP contribution in [0.2, 0.25) is 0 Å². The summed E-state index contributed by atoms with van der Waals surface area (Å²) in [6.07, 6.45) is 0.284. The summed E-state index contributed by atoms with van der Waals surface area (Å²) in [6.45, 7) is 2.43. The van der Waals surface area contributed by atoms with Crippen molar-refractivity contribution in [2.45, 2.75) is 18.5 Å². The van der Waals surface area contributed by atoms with Crippen molar-refractivity contribution < 1.29 is 19.0 Å². The van der Waals surface area contributed by atoms with E-state index in [1.165, 1.54) is 11.8 Å². The van der Waals surface area contributed by atoms with Gasteiger partial charge in [-0.3, -0.25) is 4.79 Å². The number of carbonyl (C=O) groups excluding carboxylic acids is 1. The Bertz CT molecular complexity index is 1330. The van der Waals surface area contributed by atoms with Crippen LogP contribution in [0.5, 0.6) is 17.2 Å². The smallest absolute Gasteiger partial charge is 0.225 e. The largest absolute Gasteiger partial charge is 0.497 e. The molecular formula is C28H28N4O4S. The summed E-state index contributed by atoms with van der Waals surface area (Å²) < 4.78 is 16.2. The highest BCUT2D eigenvalue weighted by atomic mass is 32.2. The zero-order chi connectivity index (χ0) is 26.0. The molecule has 0 radical (unpaired) electrons. The second-order valence-corrected chi connectivity index (χ2v) is 8.89. The van der Waals surface area contributed by atoms with Crippen molar-refractivity contribution in [1.82, 2.24) is 15.2 Å². The Balaban J connectivity index is 1.50. The fourth-order valence-electron chi connectivity index (χ4n) is 3.56. The number of methoxy groups -OCH3 is 2. The van der Waals surface area contributed by atoms with E-state index in [0.717, 1.165) is 22.6 Å². The molecule has 1 amide bonds. The first-order valence-electron chi connectivity index (χ1n) is 11.8. The number of rotatable bonds is 11. The van der Waals surface area contributed by atoms with Gasteiger partial charge in [-0.1, -0.05) is 23.9 Å². The third-order valence-corrected chi connectivity index (χ3v) is 6.25. The van der Waals surface area contributed by atoms with Gasteiger partial charge in [-0.25, -0.2) is 4.98 Å². The van der Waals surface area contributed by atoms with E-state index < -0.39 is 0 Å². The molecule has 4 rings (SSSR count). The number of anilines is 1. The second-order valence-electron chi connectivity index (χ2n) is 7.82. The maximum atomic E-state index is 12.5. The topological polar surface area (TPSA) is 95.5 Å². The summed E-state index contributed by atoms with van der Waals surface area (Å²) in [7, 11) is 3.26. The SMILES string of the molecule is CCOc1ccccc1NC(=O)CCSc1nnc(-c2ccc(OC)cc2)c(-c2ccc(OC)cc2)n1. The number of hydrogen-bond donors (Lipinski definition) is 1. The van der Waals surface area contributed by atoms with Crippen molar-refractivity contribution in [2.24, 2.45) is 0 Å². The lowest BCUT2D eigenvalue weighted by molar-refractivity contribution is -0.115. The minimum absolute atomic E-state index is 0.113. The third-order valence-electron chi connectivity index (χ3n) is 5.42. The molecule has 4 aromatic rings. The van der Waals surface area contributed by atoms with Gasteiger partial charge in [0.2, 0.25) is 11.1 Å². The number of thioether (sulfide) groups is 1. The molecule has 0 saturated heterocycles. The van der Waals surface area contributed by atoms with E-state index in [0.29, 0.717) is 40.3 Å². The number of benzene rings is 3. The number of aromatic nitrogens is 3. The fraction of sp³-hybridized carbons (Fsp3) is 0.214. The first-order valence-corrected chi connectivity index (χ1v) is 12.8. The first kappa shape index (κ1) is 26.0. The molecule has 0 atom stereocenters. The van der Waals surface area contributed by atoms with Crippen molar-refractivity contribution in [3.05, 3.63) is 72.8 Å². The van der Waals surface area contributed by atoms with Crippen LogP contribution in [0.15, 0.2) is 78.0 Å². The van der Waals surface area contributed by atoms with Crippen LogP contribution in [0.1, 0.15) is 13.3 Å². The molecule has 0 aliphatic heterocycles. The Hall–Kier alpha value is -4.11. The maximum absolute atomic E-state index is 12.5. The Labute approximate surface area is 220 Å². The molecule has 37 heavy (non-hydrogen) atoms. The van der Waals surface area contributed by atoms with E-state index >= 15 is 0 Å². The molecule has 0 aliphatic rings. The van der Waals surface area contributed by atoms with Crippen LogP contribution in [0.3, 0.4) is 0 Å². The van der Waals surface area contributed by atoms with Gasteiger partial charge in [0.05, 0.1) is 26.5 Å². The van der Waals surface area contributed by atoms with Crippen LogP contribution < -0.4 is 19.5 Å². The molecule has 0 bridgehead atoms. The zero-order valence-corrected chi connectivity index (χ0v) is 21.7. The highest BCUT2D eigenvalue weighted by molar-refractivity contribution is 7.99. The lowest BCUT2D eigenvalue weighted by Crippen LogP contribution is -2.13. The number of ether oxygens (including phenoxy) is 3. The predicted octanol–water partition coefficient (Wildman–Crippen LogP) is 5.74. The standard InChI is InChI=1S/C28H28N4O4S/c1-4-36-24-8-6-5-7-23(24)29-25(33)17-18-37-28-30-26(19-9-13-21(34-2)14-10-19)27(31-32-28)20-11-15-22(35-3)16-12-20/h5-16H,4,17-18H2,1-3H3,(H,29,33). The summed E-state index contributed by atoms with van der Waals surface area (Å²) in [5.74, 6) is 2.54. The Morgan fingerprint density at radius 1 is 0.838 bits per heavy atom. The van der Waals surface area contributed by atoms with Crippen molar-refractivity contribution >= 4 is 23.4 Å². The van der Waals surface area contributed by atoms with Crippen LogP contribution in [0.25, 0.3) is 22.5 Å². The lowest BCUT2D eigenvalue weighted by Gasteiger charge is -2.12. The molecule has 9 heteroatoms. The van der Waals surface area contributed by atoms with Crippen molar-refractivity contribution in [3.8, 4) is 39.8 Å². The van der Waals surface area contributed by atoms with Gasteiger partial charge in [-0.2, -0.15) is 0 Å². The average molecular weight is 517 g/mol. The normalized spacial score (nSPS) is 10.6. The van der Waals surface area contributed by atoms with Gasteiger partial charge in [0.15, 0.2) is 0 Å². The molecule has 0 saturated carbocycles. The third kappa shape index (κ3) is 6.77. The molecule has 1 aromatic heterocycles. The Morgan fingerprint density at radius 2 is 1.46 bits per heavy atom. The summed E-state index contributed by atoms with van der Waals surface area (Å²) >= 11 is 1.38. The quantitative estimate of drug-likeness (QED) is 0.252. The summed E-state index contributed by atoms with van der Waals surface area (Å²) in [5, 5.41) is 12.2. The Kier molecular flexibility index (Phi) is 8.93.